The Balaban J connectivity index is 1.65. The van der Waals surface area contributed by atoms with Crippen molar-refractivity contribution in [1.82, 2.24) is 35.6 Å². The maximum Gasteiger partial charge on any atom is 0.288 e. The number of tetrazole rings is 2. The van der Waals surface area contributed by atoms with E-state index in [1.807, 2.05) is 16.4 Å². The fourth-order valence-electron chi connectivity index (χ4n) is 2.53. The summed E-state index contributed by atoms with van der Waals surface area (Å²) >= 11 is 0. The van der Waals surface area contributed by atoms with Crippen LogP contribution in [0, 0.1) is 0 Å². The number of hydrogen-bond acceptors (Lipinski definition) is 7. The molecule has 3 aromatic heterocycles. The van der Waals surface area contributed by atoms with Gasteiger partial charge in [0.05, 0.1) is 28.1 Å². The van der Waals surface area contributed by atoms with Crippen molar-refractivity contribution in [2.75, 3.05) is 0 Å². The maximum atomic E-state index is 9.27. The third-order valence-corrected chi connectivity index (χ3v) is 3.98. The first-order chi connectivity index (χ1) is 11.9. The lowest BCUT2D eigenvalue weighted by molar-refractivity contribution is -0.832. The van der Waals surface area contributed by atoms with Gasteiger partial charge in [0.1, 0.15) is 18.8 Å². The third kappa shape index (κ3) is 3.80. The molecule has 0 spiro atoms. The average molecular weight is 349 g/mol. The van der Waals surface area contributed by atoms with Crippen LogP contribution in [0.4, 0.5) is 0 Å². The Hall–Kier alpha value is -2.85. The Morgan fingerprint density at radius 2 is 2.00 bits per heavy atom. The van der Waals surface area contributed by atoms with Crippen LogP contribution >= 0.6 is 0 Å². The SMILES string of the molecule is CC(C[n+]1nncn1C(C)C)c1nn[n+](CC(C)c2cc(O)no2)[nH]1. The molecule has 3 rings (SSSR count). The van der Waals surface area contributed by atoms with Crippen molar-refractivity contribution in [3.8, 4) is 5.88 Å². The van der Waals surface area contributed by atoms with E-state index >= 15 is 0 Å². The van der Waals surface area contributed by atoms with Crippen LogP contribution in [0.5, 0.6) is 5.88 Å². The van der Waals surface area contributed by atoms with Crippen LogP contribution in [-0.2, 0) is 13.1 Å². The van der Waals surface area contributed by atoms with E-state index in [0.717, 1.165) is 5.82 Å². The van der Waals surface area contributed by atoms with Crippen molar-refractivity contribution in [3.05, 3.63) is 24.0 Å². The van der Waals surface area contributed by atoms with Gasteiger partial charge in [-0.1, -0.05) is 16.5 Å². The summed E-state index contributed by atoms with van der Waals surface area (Å²) in [5, 5.41) is 32.4. The van der Waals surface area contributed by atoms with E-state index in [2.05, 4.69) is 51.7 Å². The van der Waals surface area contributed by atoms with Gasteiger partial charge in [0, 0.05) is 6.07 Å². The number of nitrogens with one attached hydrogen (secondary N) is 1. The van der Waals surface area contributed by atoms with Crippen LogP contribution in [-0.4, -0.2) is 40.7 Å². The van der Waals surface area contributed by atoms with Gasteiger partial charge in [0.25, 0.3) is 18.0 Å². The molecule has 3 heterocycles. The van der Waals surface area contributed by atoms with Gasteiger partial charge < -0.3 is 9.63 Å². The predicted molar refractivity (Wildman–Crippen MR) is 82.2 cm³/mol. The topological polar surface area (TPSA) is 126 Å². The molecule has 11 heteroatoms. The standard InChI is InChI=1S/C14H21N9O2/c1-9(2)21-8-15-19-23(21)7-11(4)14-16-20-22(17-14)6-10(3)12-5-13(24)18-25-12/h5,8-11H,6-7H2,1-4H3/p+2. The molecular weight excluding hydrogens is 326 g/mol. The predicted octanol–water partition coefficient (Wildman–Crippen LogP) is -0.147. The molecule has 25 heavy (non-hydrogen) atoms. The summed E-state index contributed by atoms with van der Waals surface area (Å²) in [6.45, 7) is 9.34. The van der Waals surface area contributed by atoms with Gasteiger partial charge in [-0.05, 0) is 25.9 Å². The lowest BCUT2D eigenvalue weighted by Crippen LogP contribution is -2.48. The van der Waals surface area contributed by atoms with Gasteiger partial charge in [-0.2, -0.15) is 9.78 Å². The highest BCUT2D eigenvalue weighted by Gasteiger charge is 2.25. The van der Waals surface area contributed by atoms with Gasteiger partial charge in [-0.25, -0.2) is 0 Å². The third-order valence-electron chi connectivity index (χ3n) is 3.98. The molecule has 3 aromatic rings. The number of rotatable bonds is 7. The summed E-state index contributed by atoms with van der Waals surface area (Å²) in [5.41, 5.74) is 0. The Morgan fingerprint density at radius 1 is 1.20 bits per heavy atom. The van der Waals surface area contributed by atoms with Crippen molar-refractivity contribution in [2.24, 2.45) is 0 Å². The molecule has 2 atom stereocenters. The van der Waals surface area contributed by atoms with Gasteiger partial charge in [-0.3, -0.25) is 0 Å². The molecule has 2 N–H and O–H groups in total. The maximum absolute atomic E-state index is 9.27. The molecular formula is C14H23N9O2+2. The first kappa shape index (κ1) is 17.0. The highest BCUT2D eigenvalue weighted by atomic mass is 16.5. The van der Waals surface area contributed by atoms with Crippen LogP contribution in [0.25, 0.3) is 0 Å². The van der Waals surface area contributed by atoms with Crippen molar-refractivity contribution in [1.29, 1.82) is 0 Å². The van der Waals surface area contributed by atoms with Crippen LogP contribution < -0.4 is 9.59 Å². The fraction of sp³-hybridized carbons (Fsp3) is 0.643. The molecule has 0 amide bonds. The van der Waals surface area contributed by atoms with Gasteiger partial charge in [-0.15, -0.1) is 0 Å². The summed E-state index contributed by atoms with van der Waals surface area (Å²) in [4.78, 5) is 3.47. The number of aromatic hydroxyl groups is 1. The van der Waals surface area contributed by atoms with Crippen molar-refractivity contribution < 1.29 is 19.2 Å². The zero-order chi connectivity index (χ0) is 18.0. The quantitative estimate of drug-likeness (QED) is 0.568. The fourth-order valence-corrected chi connectivity index (χ4v) is 2.53. The van der Waals surface area contributed by atoms with Gasteiger partial charge >= 0.3 is 0 Å². The molecule has 11 nitrogen and oxygen atoms in total. The van der Waals surface area contributed by atoms with E-state index in [-0.39, 0.29) is 23.8 Å². The molecule has 0 aliphatic rings. The Morgan fingerprint density at radius 3 is 2.68 bits per heavy atom. The molecule has 0 bridgehead atoms. The zero-order valence-electron chi connectivity index (χ0n) is 14.7. The van der Waals surface area contributed by atoms with E-state index in [4.69, 9.17) is 4.52 Å². The van der Waals surface area contributed by atoms with Gasteiger partial charge in [0.15, 0.2) is 10.4 Å². The molecule has 0 fully saturated rings. The highest BCUT2D eigenvalue weighted by Crippen LogP contribution is 2.19. The highest BCUT2D eigenvalue weighted by molar-refractivity contribution is 5.11. The van der Waals surface area contributed by atoms with Gasteiger partial charge in [0.2, 0.25) is 0 Å². The Labute approximate surface area is 144 Å². The van der Waals surface area contributed by atoms with E-state index in [0.29, 0.717) is 18.8 Å². The summed E-state index contributed by atoms with van der Waals surface area (Å²) in [6.07, 6.45) is 1.71. The molecule has 0 aliphatic heterocycles. The first-order valence-corrected chi connectivity index (χ1v) is 8.22. The van der Waals surface area contributed by atoms with Crippen LogP contribution in [0.15, 0.2) is 16.9 Å². The molecule has 0 aliphatic carbocycles. The molecule has 0 saturated heterocycles. The van der Waals surface area contributed by atoms with E-state index in [1.54, 1.807) is 11.1 Å². The number of nitrogens with zero attached hydrogens (tertiary/aromatic N) is 8. The smallest absolute Gasteiger partial charge is 0.288 e. The van der Waals surface area contributed by atoms with E-state index in [9.17, 15) is 5.11 Å². The molecule has 0 saturated carbocycles. The van der Waals surface area contributed by atoms with Crippen molar-refractivity contribution >= 4 is 0 Å². The van der Waals surface area contributed by atoms with E-state index < -0.39 is 0 Å². The number of aromatic amines is 1. The minimum Gasteiger partial charge on any atom is -0.491 e. The molecule has 134 valence electrons. The largest absolute Gasteiger partial charge is 0.491 e. The lowest BCUT2D eigenvalue weighted by atomic mass is 10.1. The lowest BCUT2D eigenvalue weighted by Gasteiger charge is -2.06. The summed E-state index contributed by atoms with van der Waals surface area (Å²) in [7, 11) is 0. The zero-order valence-corrected chi connectivity index (χ0v) is 14.7. The minimum absolute atomic E-state index is 0.00655. The van der Waals surface area contributed by atoms with Crippen LogP contribution in [0.3, 0.4) is 0 Å². The van der Waals surface area contributed by atoms with Crippen LogP contribution in [0.2, 0.25) is 0 Å². The molecule has 2 unspecified atom stereocenters. The minimum atomic E-state index is -0.120. The van der Waals surface area contributed by atoms with Crippen LogP contribution in [0.1, 0.15) is 57.2 Å². The molecule has 0 aromatic carbocycles. The average Bonchev–Trinajstić information content (AvgIpc) is 3.27. The second-order valence-electron chi connectivity index (χ2n) is 6.51. The van der Waals surface area contributed by atoms with Crippen molar-refractivity contribution in [2.45, 2.75) is 58.7 Å². The summed E-state index contributed by atoms with van der Waals surface area (Å²) < 4.78 is 7.03. The Kier molecular flexibility index (Phi) is 4.72. The monoisotopic (exact) mass is 349 g/mol. The number of aromatic nitrogens is 9. The second kappa shape index (κ2) is 6.95. The van der Waals surface area contributed by atoms with E-state index in [1.165, 1.54) is 6.07 Å². The molecule has 0 radical (unpaired) electrons. The Bertz CT molecular complexity index is 822. The summed E-state index contributed by atoms with van der Waals surface area (Å²) in [5.74, 6) is 1.32. The summed E-state index contributed by atoms with van der Waals surface area (Å²) in [6, 6.07) is 1.78. The number of H-pyrrole nitrogens is 1. The second-order valence-corrected chi connectivity index (χ2v) is 6.51. The van der Waals surface area contributed by atoms with Crippen molar-refractivity contribution in [3.63, 3.8) is 0 Å². The number of hydrogen-bond donors (Lipinski definition) is 2. The first-order valence-electron chi connectivity index (χ1n) is 8.22. The normalized spacial score (nSPS) is 14.1.